The average Bonchev–Trinajstić information content (AvgIpc) is 1.94. The maximum absolute atomic E-state index is 12.7. The SMILES string of the molecule is Fc1cc(C[B-](F)(F)F)ccc1Cl. The van der Waals surface area contributed by atoms with Gasteiger partial charge < -0.3 is 12.9 Å². The van der Waals surface area contributed by atoms with Crippen LogP contribution in [0.5, 0.6) is 0 Å². The molecule has 0 N–H and O–H groups in total. The van der Waals surface area contributed by atoms with Gasteiger partial charge in [-0.3, -0.25) is 0 Å². The molecule has 0 saturated heterocycles. The van der Waals surface area contributed by atoms with Crippen molar-refractivity contribution in [3.8, 4) is 0 Å². The third-order valence-electron chi connectivity index (χ3n) is 1.45. The molecule has 0 nitrogen and oxygen atoms in total. The van der Waals surface area contributed by atoms with Crippen molar-refractivity contribution >= 4 is 18.6 Å². The lowest BCUT2D eigenvalue weighted by molar-refractivity contribution is 0.468. The summed E-state index contributed by atoms with van der Waals surface area (Å²) in [6.07, 6.45) is -1.08. The third-order valence-corrected chi connectivity index (χ3v) is 1.76. The van der Waals surface area contributed by atoms with Crippen molar-refractivity contribution in [3.63, 3.8) is 0 Å². The zero-order chi connectivity index (χ0) is 10.1. The van der Waals surface area contributed by atoms with Crippen molar-refractivity contribution in [2.75, 3.05) is 0 Å². The van der Waals surface area contributed by atoms with E-state index in [1.165, 1.54) is 6.07 Å². The molecule has 0 aromatic heterocycles. The van der Waals surface area contributed by atoms with Crippen LogP contribution in [0.15, 0.2) is 18.2 Å². The van der Waals surface area contributed by atoms with Crippen LogP contribution in [0.1, 0.15) is 5.56 Å². The van der Waals surface area contributed by atoms with Gasteiger partial charge in [0.2, 0.25) is 0 Å². The third kappa shape index (κ3) is 3.26. The Balaban J connectivity index is 2.86. The van der Waals surface area contributed by atoms with Gasteiger partial charge in [-0.25, -0.2) is 4.39 Å². The lowest BCUT2D eigenvalue weighted by atomic mass is 9.82. The van der Waals surface area contributed by atoms with Crippen molar-refractivity contribution in [2.45, 2.75) is 6.32 Å². The zero-order valence-corrected chi connectivity index (χ0v) is 7.16. The van der Waals surface area contributed by atoms with E-state index < -0.39 is 19.1 Å². The van der Waals surface area contributed by atoms with E-state index in [-0.39, 0.29) is 10.6 Å². The van der Waals surface area contributed by atoms with Crippen LogP contribution >= 0.6 is 11.6 Å². The second-order valence-electron chi connectivity index (χ2n) is 2.66. The number of hydrogen-bond donors (Lipinski definition) is 0. The minimum atomic E-state index is -4.92. The van der Waals surface area contributed by atoms with Gasteiger partial charge in [0.05, 0.1) is 5.02 Å². The van der Waals surface area contributed by atoms with Crippen LogP contribution < -0.4 is 0 Å². The predicted octanol–water partition coefficient (Wildman–Crippen LogP) is 3.41. The second-order valence-corrected chi connectivity index (χ2v) is 3.07. The highest BCUT2D eigenvalue weighted by atomic mass is 35.5. The van der Waals surface area contributed by atoms with Gasteiger partial charge in [-0.1, -0.05) is 29.6 Å². The van der Waals surface area contributed by atoms with Gasteiger partial charge in [-0.15, -0.1) is 0 Å². The Morgan fingerprint density at radius 1 is 1.23 bits per heavy atom. The first-order chi connectivity index (χ1) is 5.88. The molecule has 1 aromatic rings. The Morgan fingerprint density at radius 2 is 1.85 bits per heavy atom. The number of halogens is 5. The van der Waals surface area contributed by atoms with Gasteiger partial charge in [-0.2, -0.15) is 0 Å². The Morgan fingerprint density at radius 3 is 2.31 bits per heavy atom. The fourth-order valence-corrected chi connectivity index (χ4v) is 1.05. The quantitative estimate of drug-likeness (QED) is 0.519. The average molecular weight is 211 g/mol. The molecule has 0 unspecified atom stereocenters. The Hall–Kier alpha value is -0.705. The smallest absolute Gasteiger partial charge is 0.449 e. The molecule has 0 saturated carbocycles. The largest absolute Gasteiger partial charge is 0.482 e. The molecule has 0 aliphatic heterocycles. The van der Waals surface area contributed by atoms with Gasteiger partial charge in [0.15, 0.2) is 0 Å². The molecule has 6 heteroatoms. The highest BCUT2D eigenvalue weighted by molar-refractivity contribution is 6.57. The van der Waals surface area contributed by atoms with Gasteiger partial charge in [-0.05, 0) is 12.1 Å². The summed E-state index contributed by atoms with van der Waals surface area (Å²) in [6, 6.07) is 3.09. The maximum Gasteiger partial charge on any atom is 0.482 e. The molecular formula is C7H5BClF4-. The van der Waals surface area contributed by atoms with E-state index in [0.29, 0.717) is 0 Å². The summed E-state index contributed by atoms with van der Waals surface area (Å²) in [5, 5.41) is -0.168. The first kappa shape index (κ1) is 10.4. The molecule has 0 radical (unpaired) electrons. The first-order valence-corrected chi connectivity index (χ1v) is 3.91. The molecule has 0 spiro atoms. The maximum atomic E-state index is 12.7. The lowest BCUT2D eigenvalue weighted by Gasteiger charge is -2.13. The molecule has 0 aliphatic carbocycles. The standard InChI is InChI=1S/C7H5BClF4/c9-6-2-1-5(3-7(6)10)4-8(11,12)13/h1-3H,4H2/q-1. The van der Waals surface area contributed by atoms with Crippen LogP contribution in [0, 0.1) is 5.82 Å². The minimum Gasteiger partial charge on any atom is -0.449 e. The van der Waals surface area contributed by atoms with E-state index in [9.17, 15) is 17.3 Å². The van der Waals surface area contributed by atoms with E-state index in [0.717, 1.165) is 12.1 Å². The van der Waals surface area contributed by atoms with E-state index in [1.807, 2.05) is 0 Å². The predicted molar refractivity (Wildman–Crippen MR) is 44.2 cm³/mol. The molecule has 0 heterocycles. The zero-order valence-electron chi connectivity index (χ0n) is 6.41. The van der Waals surface area contributed by atoms with E-state index in [4.69, 9.17) is 11.6 Å². The summed E-state index contributed by atoms with van der Waals surface area (Å²) in [4.78, 5) is 0. The second kappa shape index (κ2) is 3.58. The van der Waals surface area contributed by atoms with Crippen LogP contribution in [-0.4, -0.2) is 6.98 Å². The van der Waals surface area contributed by atoms with Crippen LogP contribution in [0.25, 0.3) is 0 Å². The molecule has 0 fully saturated rings. The lowest BCUT2D eigenvalue weighted by Crippen LogP contribution is -2.19. The van der Waals surface area contributed by atoms with Crippen molar-refractivity contribution in [1.82, 2.24) is 0 Å². The van der Waals surface area contributed by atoms with Crippen LogP contribution in [0.4, 0.5) is 17.3 Å². The molecule has 1 rings (SSSR count). The summed E-state index contributed by atoms with van der Waals surface area (Å²) in [5.74, 6) is -0.820. The van der Waals surface area contributed by atoms with Crippen LogP contribution in [0.2, 0.25) is 5.02 Å². The van der Waals surface area contributed by atoms with Crippen molar-refractivity contribution in [1.29, 1.82) is 0 Å². The Bertz CT molecular complexity index is 310. The minimum absolute atomic E-state index is 0.102. The van der Waals surface area contributed by atoms with Crippen LogP contribution in [0.3, 0.4) is 0 Å². The molecule has 0 aliphatic rings. The molecule has 72 valence electrons. The molecule has 1 aromatic carbocycles. The molecule has 0 atom stereocenters. The summed E-state index contributed by atoms with van der Waals surface area (Å²) in [7, 11) is 0. The number of hydrogen-bond acceptors (Lipinski definition) is 0. The fraction of sp³-hybridized carbons (Fsp3) is 0.143. The Kier molecular flexibility index (Phi) is 2.85. The molecule has 13 heavy (non-hydrogen) atoms. The van der Waals surface area contributed by atoms with Gasteiger partial charge in [0.25, 0.3) is 0 Å². The first-order valence-electron chi connectivity index (χ1n) is 3.53. The normalized spacial score (nSPS) is 11.8. The summed E-state index contributed by atoms with van der Waals surface area (Å²) < 4.78 is 48.3. The molecular weight excluding hydrogens is 206 g/mol. The number of rotatable bonds is 2. The fourth-order valence-electron chi connectivity index (χ4n) is 0.934. The molecule has 0 bridgehead atoms. The monoisotopic (exact) mass is 211 g/mol. The summed E-state index contributed by atoms with van der Waals surface area (Å²) in [5.41, 5.74) is -0.102. The van der Waals surface area contributed by atoms with Gasteiger partial charge >= 0.3 is 6.98 Å². The van der Waals surface area contributed by atoms with Gasteiger partial charge in [0.1, 0.15) is 5.82 Å². The van der Waals surface area contributed by atoms with Gasteiger partial charge in [0, 0.05) is 0 Å². The molecule has 0 amide bonds. The summed E-state index contributed by atoms with van der Waals surface area (Å²) >= 11 is 5.30. The topological polar surface area (TPSA) is 0 Å². The van der Waals surface area contributed by atoms with Crippen molar-refractivity contribution in [2.24, 2.45) is 0 Å². The van der Waals surface area contributed by atoms with Crippen molar-refractivity contribution < 1.29 is 17.3 Å². The highest BCUT2D eigenvalue weighted by Gasteiger charge is 2.23. The summed E-state index contributed by atoms with van der Waals surface area (Å²) in [6.45, 7) is -4.92. The van der Waals surface area contributed by atoms with E-state index in [2.05, 4.69) is 0 Å². The highest BCUT2D eigenvalue weighted by Crippen LogP contribution is 2.20. The van der Waals surface area contributed by atoms with E-state index in [1.54, 1.807) is 0 Å². The Labute approximate surface area is 77.6 Å². The van der Waals surface area contributed by atoms with Crippen LogP contribution in [-0.2, 0) is 6.32 Å². The number of benzene rings is 1. The van der Waals surface area contributed by atoms with Crippen molar-refractivity contribution in [3.05, 3.63) is 34.6 Å². The van der Waals surface area contributed by atoms with E-state index >= 15 is 0 Å².